The van der Waals surface area contributed by atoms with Crippen molar-refractivity contribution in [2.75, 3.05) is 0 Å². The van der Waals surface area contributed by atoms with E-state index in [-0.39, 0.29) is 18.8 Å². The molecule has 0 aliphatic heterocycles. The zero-order chi connectivity index (χ0) is 12.5. The molecule has 1 N–H and O–H groups in total. The van der Waals surface area contributed by atoms with Gasteiger partial charge in [-0.3, -0.25) is 4.79 Å². The third-order valence-corrected chi connectivity index (χ3v) is 3.37. The minimum Gasteiger partial charge on any atom is -0.481 e. The summed E-state index contributed by atoms with van der Waals surface area (Å²) < 4.78 is 26.5. The van der Waals surface area contributed by atoms with Crippen LogP contribution in [0.25, 0.3) is 0 Å². The van der Waals surface area contributed by atoms with Gasteiger partial charge in [0.05, 0.1) is 5.92 Å². The largest absolute Gasteiger partial charge is 0.481 e. The van der Waals surface area contributed by atoms with E-state index in [2.05, 4.69) is 0 Å². The minimum atomic E-state index is -2.84. The van der Waals surface area contributed by atoms with E-state index >= 15 is 0 Å². The normalized spacial score (nSPS) is 27.6. The predicted octanol–water partition coefficient (Wildman–Crippen LogP) is 3.29. The average Bonchev–Trinajstić information content (AvgIpc) is 2.29. The second-order valence-corrected chi connectivity index (χ2v) is 4.56. The molecule has 1 aliphatic rings. The summed E-state index contributed by atoms with van der Waals surface area (Å²) in [6.07, 6.45) is -0.549. The molecule has 17 heavy (non-hydrogen) atoms. The highest BCUT2D eigenvalue weighted by Gasteiger charge is 2.44. The molecule has 92 valence electrons. The Kier molecular flexibility index (Phi) is 3.13. The molecule has 0 unspecified atom stereocenters. The van der Waals surface area contributed by atoms with Crippen LogP contribution in [0.3, 0.4) is 0 Å². The molecule has 2 atom stereocenters. The highest BCUT2D eigenvalue weighted by atomic mass is 19.3. The van der Waals surface area contributed by atoms with Gasteiger partial charge >= 0.3 is 5.97 Å². The van der Waals surface area contributed by atoms with Crippen molar-refractivity contribution in [1.29, 1.82) is 0 Å². The fraction of sp³-hybridized carbons (Fsp3) is 0.462. The van der Waals surface area contributed by atoms with E-state index in [9.17, 15) is 13.6 Å². The summed E-state index contributed by atoms with van der Waals surface area (Å²) in [6, 6.07) is 9.06. The number of carbonyl (C=O) groups is 1. The molecule has 0 bridgehead atoms. The quantitative estimate of drug-likeness (QED) is 0.861. The lowest BCUT2D eigenvalue weighted by Crippen LogP contribution is -2.35. The number of benzene rings is 1. The number of halogens is 2. The molecular formula is C13H14F2O2. The van der Waals surface area contributed by atoms with Crippen molar-refractivity contribution < 1.29 is 18.7 Å². The third-order valence-electron chi connectivity index (χ3n) is 3.37. The van der Waals surface area contributed by atoms with Crippen LogP contribution < -0.4 is 0 Å². The van der Waals surface area contributed by atoms with E-state index < -0.39 is 24.2 Å². The van der Waals surface area contributed by atoms with Crippen molar-refractivity contribution in [2.45, 2.75) is 31.1 Å². The fourth-order valence-electron chi connectivity index (χ4n) is 2.49. The Bertz CT molecular complexity index is 403. The summed E-state index contributed by atoms with van der Waals surface area (Å²) in [5.41, 5.74) is 0.843. The van der Waals surface area contributed by atoms with E-state index in [0.717, 1.165) is 5.56 Å². The van der Waals surface area contributed by atoms with Gasteiger partial charge in [-0.15, -0.1) is 0 Å². The zero-order valence-electron chi connectivity index (χ0n) is 9.27. The van der Waals surface area contributed by atoms with Gasteiger partial charge in [0.15, 0.2) is 0 Å². The van der Waals surface area contributed by atoms with Crippen molar-refractivity contribution in [3.8, 4) is 0 Å². The monoisotopic (exact) mass is 240 g/mol. The molecular weight excluding hydrogens is 226 g/mol. The van der Waals surface area contributed by atoms with Crippen LogP contribution in [0.5, 0.6) is 0 Å². The molecule has 0 amide bonds. The van der Waals surface area contributed by atoms with Gasteiger partial charge in [0, 0.05) is 12.8 Å². The van der Waals surface area contributed by atoms with E-state index in [4.69, 9.17) is 5.11 Å². The maximum absolute atomic E-state index is 13.2. The summed E-state index contributed by atoms with van der Waals surface area (Å²) in [6.45, 7) is 0. The van der Waals surface area contributed by atoms with Crippen molar-refractivity contribution in [3.63, 3.8) is 0 Å². The molecule has 1 aliphatic carbocycles. The number of alkyl halides is 2. The number of carboxylic acid groups (broad SMARTS) is 1. The summed E-state index contributed by atoms with van der Waals surface area (Å²) in [7, 11) is 0. The number of hydrogen-bond acceptors (Lipinski definition) is 1. The van der Waals surface area contributed by atoms with Crippen molar-refractivity contribution >= 4 is 5.97 Å². The molecule has 0 spiro atoms. The molecule has 1 saturated carbocycles. The van der Waals surface area contributed by atoms with Gasteiger partial charge in [-0.05, 0) is 17.9 Å². The first kappa shape index (κ1) is 12.0. The number of hydrogen-bond donors (Lipinski definition) is 1. The molecule has 1 aromatic carbocycles. The molecule has 0 saturated heterocycles. The highest BCUT2D eigenvalue weighted by molar-refractivity contribution is 5.71. The Balaban J connectivity index is 2.25. The van der Waals surface area contributed by atoms with Crippen LogP contribution in [0.2, 0.25) is 0 Å². The van der Waals surface area contributed by atoms with E-state index in [0.29, 0.717) is 0 Å². The number of carboxylic acids is 1. The minimum absolute atomic E-state index is 0.226. The van der Waals surface area contributed by atoms with E-state index in [1.54, 1.807) is 12.1 Å². The molecule has 1 fully saturated rings. The molecule has 2 rings (SSSR count). The van der Waals surface area contributed by atoms with Gasteiger partial charge in [-0.1, -0.05) is 30.3 Å². The maximum Gasteiger partial charge on any atom is 0.307 e. The first-order chi connectivity index (χ1) is 7.99. The summed E-state index contributed by atoms with van der Waals surface area (Å²) >= 11 is 0. The SMILES string of the molecule is O=C(O)[C@H]1CC(F)(F)CC[C@@H]1c1ccccc1. The summed E-state index contributed by atoms with van der Waals surface area (Å²) in [5.74, 6) is -5.25. The van der Waals surface area contributed by atoms with Gasteiger partial charge in [-0.2, -0.15) is 0 Å². The lowest BCUT2D eigenvalue weighted by atomic mass is 9.74. The van der Waals surface area contributed by atoms with Crippen LogP contribution in [0.4, 0.5) is 8.78 Å². The standard InChI is InChI=1S/C13H14F2O2/c14-13(15)7-6-10(11(8-13)12(16)17)9-4-2-1-3-5-9/h1-5,10-11H,6-8H2,(H,16,17)/t10-,11+/m1/s1. The second kappa shape index (κ2) is 4.43. The van der Waals surface area contributed by atoms with Gasteiger partial charge in [0.25, 0.3) is 0 Å². The Morgan fingerprint density at radius 2 is 1.94 bits per heavy atom. The van der Waals surface area contributed by atoms with Crippen molar-refractivity contribution in [2.24, 2.45) is 5.92 Å². The van der Waals surface area contributed by atoms with Crippen LogP contribution in [-0.4, -0.2) is 17.0 Å². The summed E-state index contributed by atoms with van der Waals surface area (Å²) in [5, 5.41) is 9.07. The Morgan fingerprint density at radius 1 is 1.29 bits per heavy atom. The number of aliphatic carboxylic acids is 1. The second-order valence-electron chi connectivity index (χ2n) is 4.56. The molecule has 0 aromatic heterocycles. The number of rotatable bonds is 2. The topological polar surface area (TPSA) is 37.3 Å². The Morgan fingerprint density at radius 3 is 2.53 bits per heavy atom. The Hall–Kier alpha value is -1.45. The van der Waals surface area contributed by atoms with Crippen LogP contribution in [0.1, 0.15) is 30.7 Å². The Labute approximate surface area is 98.3 Å². The van der Waals surface area contributed by atoms with Crippen LogP contribution in [0, 0.1) is 5.92 Å². The third kappa shape index (κ3) is 2.62. The van der Waals surface area contributed by atoms with Gasteiger partial charge in [-0.25, -0.2) is 8.78 Å². The van der Waals surface area contributed by atoms with E-state index in [1.165, 1.54) is 0 Å². The maximum atomic E-state index is 13.2. The van der Waals surface area contributed by atoms with Gasteiger partial charge in [0.1, 0.15) is 0 Å². The van der Waals surface area contributed by atoms with E-state index in [1.807, 2.05) is 18.2 Å². The lowest BCUT2D eigenvalue weighted by molar-refractivity contribution is -0.150. The van der Waals surface area contributed by atoms with Crippen LogP contribution in [0.15, 0.2) is 30.3 Å². The molecule has 1 aromatic rings. The van der Waals surface area contributed by atoms with Crippen LogP contribution >= 0.6 is 0 Å². The zero-order valence-corrected chi connectivity index (χ0v) is 9.27. The van der Waals surface area contributed by atoms with Gasteiger partial charge in [0.2, 0.25) is 5.92 Å². The predicted molar refractivity (Wildman–Crippen MR) is 59.1 cm³/mol. The summed E-state index contributed by atoms with van der Waals surface area (Å²) in [4.78, 5) is 11.1. The smallest absolute Gasteiger partial charge is 0.307 e. The molecule has 0 heterocycles. The fourth-order valence-corrected chi connectivity index (χ4v) is 2.49. The van der Waals surface area contributed by atoms with Crippen molar-refractivity contribution in [1.82, 2.24) is 0 Å². The van der Waals surface area contributed by atoms with Crippen LogP contribution in [-0.2, 0) is 4.79 Å². The molecule has 0 radical (unpaired) electrons. The van der Waals surface area contributed by atoms with Gasteiger partial charge < -0.3 is 5.11 Å². The van der Waals surface area contributed by atoms with Crippen molar-refractivity contribution in [3.05, 3.63) is 35.9 Å². The highest BCUT2D eigenvalue weighted by Crippen LogP contribution is 2.44. The first-order valence-corrected chi connectivity index (χ1v) is 5.65. The average molecular weight is 240 g/mol. The lowest BCUT2D eigenvalue weighted by Gasteiger charge is -2.33. The first-order valence-electron chi connectivity index (χ1n) is 5.65. The molecule has 4 heteroatoms. The molecule has 2 nitrogen and oxygen atoms in total.